The molecular weight excluding hydrogens is 1410 g/mol. The molecule has 0 aliphatic carbocycles. The highest BCUT2D eigenvalue weighted by Gasteiger charge is 2.55. The predicted molar refractivity (Wildman–Crippen MR) is 407 cm³/mol. The van der Waals surface area contributed by atoms with Gasteiger partial charge in [-0.1, -0.05) is 211 Å². The van der Waals surface area contributed by atoms with E-state index in [0.717, 1.165) is 25.7 Å². The minimum atomic E-state index is -1.88. The molecule has 4 aliphatic heterocycles. The minimum Gasteiger partial charge on any atom is -0.457 e. The molecule has 28 nitrogen and oxygen atoms in total. The van der Waals surface area contributed by atoms with E-state index < -0.39 is 189 Å². The molecule has 1 aromatic carbocycles. The maximum Gasteiger partial charge on any atom is 0.303 e. The van der Waals surface area contributed by atoms with Crippen LogP contribution in [0.5, 0.6) is 0 Å². The number of carbonyl (C=O) groups excluding carboxylic acids is 5. The number of carbonyl (C=O) groups is 5. The average molecular weight is 1560 g/mol. The van der Waals surface area contributed by atoms with E-state index in [1.165, 1.54) is 204 Å². The van der Waals surface area contributed by atoms with Crippen LogP contribution in [0.1, 0.15) is 254 Å². The lowest BCUT2D eigenvalue weighted by atomic mass is 9.96. The Morgan fingerprint density at radius 2 is 0.908 bits per heavy atom. The Morgan fingerprint density at radius 3 is 1.42 bits per heavy atom. The third-order valence-corrected chi connectivity index (χ3v) is 21.6. The van der Waals surface area contributed by atoms with Crippen LogP contribution in [0.3, 0.4) is 0 Å². The second-order valence-corrected chi connectivity index (χ2v) is 30.8. The lowest BCUT2D eigenvalue weighted by Crippen LogP contribution is -2.66. The molecular formula is C81H142N4O24. The molecule has 630 valence electrons. The van der Waals surface area contributed by atoms with Crippen molar-refractivity contribution in [3.8, 4) is 0 Å². The van der Waals surface area contributed by atoms with Crippen LogP contribution in [-0.4, -0.2) is 254 Å². The molecule has 28 heteroatoms. The van der Waals surface area contributed by atoms with Crippen LogP contribution < -0.4 is 21.3 Å². The largest absolute Gasteiger partial charge is 0.457 e. The third-order valence-electron chi connectivity index (χ3n) is 21.6. The number of ether oxygens (including phenoxy) is 13. The highest BCUT2D eigenvalue weighted by atomic mass is 16.8. The van der Waals surface area contributed by atoms with Crippen molar-refractivity contribution in [2.24, 2.45) is 0 Å². The van der Waals surface area contributed by atoms with Crippen LogP contribution in [0.2, 0.25) is 0 Å². The fraction of sp³-hybridized carbons (Fsp3) is 0.864. The van der Waals surface area contributed by atoms with Crippen molar-refractivity contribution < 1.29 is 116 Å². The summed E-state index contributed by atoms with van der Waals surface area (Å²) in [5.41, 5.74) is 0.639. The highest BCUT2D eigenvalue weighted by Crippen LogP contribution is 2.36. The summed E-state index contributed by atoms with van der Waals surface area (Å²) in [7, 11) is 5.62. The number of aliphatic hydroxyl groups excluding tert-OH is 6. The van der Waals surface area contributed by atoms with Gasteiger partial charge in [0.2, 0.25) is 23.6 Å². The van der Waals surface area contributed by atoms with E-state index in [4.69, 9.17) is 61.6 Å². The van der Waals surface area contributed by atoms with Gasteiger partial charge in [-0.2, -0.15) is 0 Å². The summed E-state index contributed by atoms with van der Waals surface area (Å²) in [5, 5.41) is 79.8. The molecule has 4 fully saturated rings. The first-order chi connectivity index (χ1) is 52.3. The molecule has 0 radical (unpaired) electrons. The van der Waals surface area contributed by atoms with Gasteiger partial charge in [0.05, 0.1) is 49.7 Å². The molecule has 0 spiro atoms. The third kappa shape index (κ3) is 32.6. The lowest BCUT2D eigenvalue weighted by molar-refractivity contribution is -0.383. The number of rotatable bonds is 54. The molecule has 10 N–H and O–H groups in total. The van der Waals surface area contributed by atoms with Gasteiger partial charge in [-0.15, -0.1) is 0 Å². The summed E-state index contributed by atoms with van der Waals surface area (Å²) in [6.45, 7) is 14.0. The van der Waals surface area contributed by atoms with Gasteiger partial charge in [0.1, 0.15) is 85.3 Å². The first-order valence-electron chi connectivity index (χ1n) is 41.1. The van der Waals surface area contributed by atoms with Gasteiger partial charge >= 0.3 is 5.97 Å². The molecule has 0 saturated carbocycles. The molecule has 4 saturated heterocycles. The van der Waals surface area contributed by atoms with E-state index in [1.807, 2.05) is 0 Å². The summed E-state index contributed by atoms with van der Waals surface area (Å²) in [6, 6.07) is 3.70. The van der Waals surface area contributed by atoms with Crippen molar-refractivity contribution >= 4 is 29.6 Å². The lowest BCUT2D eigenvalue weighted by Gasteiger charge is -2.49. The smallest absolute Gasteiger partial charge is 0.303 e. The van der Waals surface area contributed by atoms with Gasteiger partial charge in [-0.3, -0.25) is 24.0 Å². The van der Waals surface area contributed by atoms with Crippen LogP contribution in [0.15, 0.2) is 30.3 Å². The Kier molecular flexibility index (Phi) is 45.8. The van der Waals surface area contributed by atoms with Crippen molar-refractivity contribution in [2.75, 3.05) is 35.0 Å². The average Bonchev–Trinajstić information content (AvgIpc) is 0.774. The molecule has 1 aromatic rings. The maximum atomic E-state index is 15.0. The number of esters is 1. The van der Waals surface area contributed by atoms with E-state index in [-0.39, 0.29) is 19.4 Å². The SMILES string of the molecule is CCCCCCCCCCCCCCCCCCCCCCCCCCCCCC(O)CC(=O)NC(Cc1ccccc1)C(=O)NC(C(=O)NC(C)C(=O)NC(C)COC1OC(C)C(OC)C(OC)C1O)C(C)OC1OC(C)C(O)C(O)C1OC1OC(C)C(O)C(OC2OC(C)C(OC(C)=O)C(OC)C2OC)C1O. The van der Waals surface area contributed by atoms with E-state index >= 15 is 0 Å². The van der Waals surface area contributed by atoms with Gasteiger partial charge in [-0.25, -0.2) is 0 Å². The second-order valence-electron chi connectivity index (χ2n) is 30.8. The van der Waals surface area contributed by atoms with Crippen LogP contribution in [0.4, 0.5) is 0 Å². The number of aliphatic hydroxyl groups is 6. The molecule has 4 heterocycles. The van der Waals surface area contributed by atoms with Crippen molar-refractivity contribution in [3.05, 3.63) is 35.9 Å². The predicted octanol–water partition coefficient (Wildman–Crippen LogP) is 7.87. The van der Waals surface area contributed by atoms with E-state index in [9.17, 15) is 54.6 Å². The molecule has 5 rings (SSSR count). The normalized spacial score (nSPS) is 30.3. The molecule has 4 aliphatic rings. The quantitative estimate of drug-likeness (QED) is 0.0219. The molecule has 109 heavy (non-hydrogen) atoms. The number of hydrogen-bond acceptors (Lipinski definition) is 24. The first-order valence-corrected chi connectivity index (χ1v) is 41.1. The summed E-state index contributed by atoms with van der Waals surface area (Å²) in [6.07, 6.45) is 6.84. The van der Waals surface area contributed by atoms with E-state index in [1.54, 1.807) is 51.1 Å². The standard InChI is InChI=1S/C81H142N4O24/c1-14-15-16-17-18-19-20-21-22-23-24-25-26-27-28-29-30-31-32-33-34-35-36-37-38-39-43-46-59(87)48-61(88)84-60(47-58-44-41-40-42-45-58)76(95)85-62(77(96)83-51(3)75(94)82-50(2)49-101-78-67(93)71(98-11)68(97-10)55(7)105-78)52(4)102-80-72(65(91)63(89)53(5)104-80)109-79-66(92)70(64(90)54(6)103-79)108-81-74(100-13)73(99-12)69(56(8)106-81)107-57(9)86/h40-42,44-45,50-56,59-60,62-74,78-81,87,89-93H,14-39,43,46-49H2,1-13H3,(H,82,94)(H,83,96)(H,84,88)(H,85,95). The zero-order chi connectivity index (χ0) is 80.0. The number of amides is 4. The van der Waals surface area contributed by atoms with Crippen LogP contribution >= 0.6 is 0 Å². The Balaban J connectivity index is 1.20. The minimum absolute atomic E-state index is 0.0675. The monoisotopic (exact) mass is 1560 g/mol. The first kappa shape index (κ1) is 95.4. The fourth-order valence-electron chi connectivity index (χ4n) is 15.0. The summed E-state index contributed by atoms with van der Waals surface area (Å²) < 4.78 is 76.9. The Bertz CT molecular complexity index is 2660. The molecule has 0 bridgehead atoms. The number of nitrogens with one attached hydrogen (secondary N) is 4. The molecule has 26 atom stereocenters. The molecule has 0 aromatic heterocycles. The summed E-state index contributed by atoms with van der Waals surface area (Å²) in [4.78, 5) is 69.8. The Morgan fingerprint density at radius 1 is 0.450 bits per heavy atom. The van der Waals surface area contributed by atoms with Crippen LogP contribution in [-0.2, 0) is 92.0 Å². The van der Waals surface area contributed by atoms with Gasteiger partial charge in [0.25, 0.3) is 0 Å². The van der Waals surface area contributed by atoms with Gasteiger partial charge in [-0.05, 0) is 60.5 Å². The zero-order valence-corrected chi connectivity index (χ0v) is 67.8. The highest BCUT2D eigenvalue weighted by molar-refractivity contribution is 5.94. The van der Waals surface area contributed by atoms with Crippen LogP contribution in [0.25, 0.3) is 0 Å². The van der Waals surface area contributed by atoms with Gasteiger partial charge in [0.15, 0.2) is 31.3 Å². The second kappa shape index (κ2) is 52.4. The number of hydrogen-bond donors (Lipinski definition) is 10. The van der Waals surface area contributed by atoms with Crippen molar-refractivity contribution in [1.29, 1.82) is 0 Å². The number of benzene rings is 1. The maximum absolute atomic E-state index is 15.0. The Labute approximate surface area is 649 Å². The summed E-state index contributed by atoms with van der Waals surface area (Å²) in [5.74, 6) is -3.75. The fourth-order valence-corrected chi connectivity index (χ4v) is 15.0. The molecule has 26 unspecified atom stereocenters. The van der Waals surface area contributed by atoms with Crippen molar-refractivity contribution in [1.82, 2.24) is 21.3 Å². The van der Waals surface area contributed by atoms with Gasteiger partial charge < -0.3 is 113 Å². The van der Waals surface area contributed by atoms with E-state index in [0.29, 0.717) is 18.4 Å². The van der Waals surface area contributed by atoms with Gasteiger partial charge in [0, 0.05) is 47.8 Å². The number of unbranched alkanes of at least 4 members (excludes halogenated alkanes) is 26. The van der Waals surface area contributed by atoms with Crippen molar-refractivity contribution in [3.63, 3.8) is 0 Å². The molecule has 4 amide bonds. The van der Waals surface area contributed by atoms with Crippen molar-refractivity contribution in [2.45, 2.75) is 414 Å². The number of methoxy groups -OCH3 is 4. The summed E-state index contributed by atoms with van der Waals surface area (Å²) >= 11 is 0. The van der Waals surface area contributed by atoms with Crippen LogP contribution in [0, 0.1) is 0 Å². The zero-order valence-electron chi connectivity index (χ0n) is 67.8. The topological polar surface area (TPSA) is 375 Å². The van der Waals surface area contributed by atoms with E-state index in [2.05, 4.69) is 28.2 Å². The Hall–Kier alpha value is -4.15.